The van der Waals surface area contributed by atoms with E-state index in [1.54, 1.807) is 12.3 Å². The number of hydrogen-bond donors (Lipinski definition) is 2. The first-order valence-corrected chi connectivity index (χ1v) is 5.12. The molecule has 0 aliphatic carbocycles. The van der Waals surface area contributed by atoms with Crippen molar-refractivity contribution >= 4 is 11.8 Å². The molecule has 5 heteroatoms. The molecule has 5 nitrogen and oxygen atoms in total. The number of nitrogens with two attached hydrogens (primary N) is 1. The van der Waals surface area contributed by atoms with Crippen LogP contribution in [-0.2, 0) is 0 Å². The van der Waals surface area contributed by atoms with Crippen LogP contribution in [0.1, 0.15) is 13.8 Å². The lowest BCUT2D eigenvalue weighted by Crippen LogP contribution is -2.31. The highest BCUT2D eigenvalue weighted by atomic mass is 15.2. The van der Waals surface area contributed by atoms with Gasteiger partial charge in [-0.15, -0.1) is 0 Å². The van der Waals surface area contributed by atoms with Crippen LogP contribution >= 0.6 is 0 Å². The summed E-state index contributed by atoms with van der Waals surface area (Å²) in [6, 6.07) is 2.22. The highest BCUT2D eigenvalue weighted by molar-refractivity contribution is 5.34. The predicted molar refractivity (Wildman–Crippen MR) is 62.7 cm³/mol. The van der Waals surface area contributed by atoms with E-state index in [0.29, 0.717) is 17.8 Å². The number of likely N-dealkylation sites (N-methyl/N-ethyl adjacent to an activating group) is 1. The molecule has 1 aromatic heterocycles. The molecule has 0 aliphatic rings. The van der Waals surface area contributed by atoms with Crippen molar-refractivity contribution in [2.75, 3.05) is 31.2 Å². The maximum atomic E-state index is 5.54. The van der Waals surface area contributed by atoms with Crippen LogP contribution in [-0.4, -0.2) is 41.0 Å². The Kier molecular flexibility index (Phi) is 4.30. The smallest absolute Gasteiger partial charge is 0.224 e. The van der Waals surface area contributed by atoms with Crippen LogP contribution < -0.4 is 11.1 Å². The van der Waals surface area contributed by atoms with E-state index in [4.69, 9.17) is 5.73 Å². The fourth-order valence-corrected chi connectivity index (χ4v) is 1.06. The van der Waals surface area contributed by atoms with Crippen LogP contribution in [0.4, 0.5) is 11.8 Å². The van der Waals surface area contributed by atoms with Crippen molar-refractivity contribution in [2.24, 2.45) is 0 Å². The van der Waals surface area contributed by atoms with Crippen LogP contribution in [0.5, 0.6) is 0 Å². The van der Waals surface area contributed by atoms with E-state index in [2.05, 4.69) is 41.1 Å². The fourth-order valence-electron chi connectivity index (χ4n) is 1.06. The molecule has 1 heterocycles. The van der Waals surface area contributed by atoms with E-state index in [-0.39, 0.29) is 0 Å². The van der Waals surface area contributed by atoms with Crippen LogP contribution in [0.25, 0.3) is 0 Å². The van der Waals surface area contributed by atoms with Gasteiger partial charge in [-0.2, -0.15) is 4.98 Å². The first kappa shape index (κ1) is 11.7. The van der Waals surface area contributed by atoms with Gasteiger partial charge < -0.3 is 16.0 Å². The lowest BCUT2D eigenvalue weighted by atomic mass is 10.3. The van der Waals surface area contributed by atoms with Crippen LogP contribution in [0.15, 0.2) is 12.3 Å². The molecule has 0 saturated heterocycles. The van der Waals surface area contributed by atoms with Crippen molar-refractivity contribution in [3.63, 3.8) is 0 Å². The topological polar surface area (TPSA) is 67.1 Å². The van der Waals surface area contributed by atoms with E-state index in [0.717, 1.165) is 13.1 Å². The van der Waals surface area contributed by atoms with Gasteiger partial charge in [0.1, 0.15) is 5.82 Å². The van der Waals surface area contributed by atoms with Gasteiger partial charge in [0.15, 0.2) is 0 Å². The van der Waals surface area contributed by atoms with E-state index < -0.39 is 0 Å². The standard InChI is InChI=1S/C10H19N5/c1-8(2)15(3)7-6-13-10-12-5-4-9(11)14-10/h4-5,8H,6-7H2,1-3H3,(H3,11,12,13,14). The molecule has 0 bridgehead atoms. The van der Waals surface area contributed by atoms with Crippen molar-refractivity contribution < 1.29 is 0 Å². The number of hydrogen-bond acceptors (Lipinski definition) is 5. The highest BCUT2D eigenvalue weighted by Gasteiger charge is 2.02. The van der Waals surface area contributed by atoms with Gasteiger partial charge in [0, 0.05) is 25.3 Å². The number of nitrogen functional groups attached to an aromatic ring is 1. The molecule has 0 saturated carbocycles. The summed E-state index contributed by atoms with van der Waals surface area (Å²) in [5, 5.41) is 3.13. The maximum absolute atomic E-state index is 5.54. The van der Waals surface area contributed by atoms with E-state index >= 15 is 0 Å². The van der Waals surface area contributed by atoms with Crippen LogP contribution in [0, 0.1) is 0 Å². The summed E-state index contributed by atoms with van der Waals surface area (Å²) in [6.07, 6.45) is 1.65. The number of anilines is 2. The Morgan fingerprint density at radius 1 is 1.53 bits per heavy atom. The number of nitrogens with one attached hydrogen (secondary N) is 1. The Morgan fingerprint density at radius 3 is 2.87 bits per heavy atom. The van der Waals surface area contributed by atoms with Crippen molar-refractivity contribution in [3.05, 3.63) is 12.3 Å². The molecule has 0 fully saturated rings. The Labute approximate surface area is 90.7 Å². The fraction of sp³-hybridized carbons (Fsp3) is 0.600. The molecular weight excluding hydrogens is 190 g/mol. The quantitative estimate of drug-likeness (QED) is 0.751. The van der Waals surface area contributed by atoms with Gasteiger partial charge in [-0.1, -0.05) is 0 Å². The van der Waals surface area contributed by atoms with Gasteiger partial charge in [0.05, 0.1) is 0 Å². The third-order valence-electron chi connectivity index (χ3n) is 2.31. The Balaban J connectivity index is 2.32. The monoisotopic (exact) mass is 209 g/mol. The van der Waals surface area contributed by atoms with Gasteiger partial charge in [0.2, 0.25) is 5.95 Å². The molecular formula is C10H19N5. The first-order valence-electron chi connectivity index (χ1n) is 5.12. The summed E-state index contributed by atoms with van der Waals surface area (Å²) in [5.41, 5.74) is 5.54. The van der Waals surface area contributed by atoms with Crippen molar-refractivity contribution in [3.8, 4) is 0 Å². The minimum Gasteiger partial charge on any atom is -0.384 e. The zero-order chi connectivity index (χ0) is 11.3. The molecule has 0 amide bonds. The molecule has 1 rings (SSSR count). The highest BCUT2D eigenvalue weighted by Crippen LogP contribution is 2.00. The second-order valence-electron chi connectivity index (χ2n) is 3.81. The number of rotatable bonds is 5. The number of nitrogens with zero attached hydrogens (tertiary/aromatic N) is 3. The summed E-state index contributed by atoms with van der Waals surface area (Å²) in [4.78, 5) is 10.4. The maximum Gasteiger partial charge on any atom is 0.224 e. The molecule has 0 unspecified atom stereocenters. The van der Waals surface area contributed by atoms with Gasteiger partial charge in [-0.25, -0.2) is 4.98 Å². The SMILES string of the molecule is CC(C)N(C)CCNc1nccc(N)n1. The largest absolute Gasteiger partial charge is 0.384 e. The second-order valence-corrected chi connectivity index (χ2v) is 3.81. The first-order chi connectivity index (χ1) is 7.09. The molecule has 1 aromatic rings. The third-order valence-corrected chi connectivity index (χ3v) is 2.31. The van der Waals surface area contributed by atoms with Crippen molar-refractivity contribution in [2.45, 2.75) is 19.9 Å². The van der Waals surface area contributed by atoms with E-state index in [9.17, 15) is 0 Å². The Bertz CT molecular complexity index is 300. The van der Waals surface area contributed by atoms with Gasteiger partial charge in [-0.05, 0) is 27.0 Å². The zero-order valence-electron chi connectivity index (χ0n) is 9.57. The van der Waals surface area contributed by atoms with Crippen molar-refractivity contribution in [1.82, 2.24) is 14.9 Å². The average Bonchev–Trinajstić information content (AvgIpc) is 2.17. The number of aromatic nitrogens is 2. The second kappa shape index (κ2) is 5.50. The van der Waals surface area contributed by atoms with Crippen LogP contribution in [0.2, 0.25) is 0 Å². The Morgan fingerprint density at radius 2 is 2.27 bits per heavy atom. The Hall–Kier alpha value is -1.36. The molecule has 0 aromatic carbocycles. The molecule has 0 atom stereocenters. The summed E-state index contributed by atoms with van der Waals surface area (Å²) >= 11 is 0. The predicted octanol–water partition coefficient (Wildman–Crippen LogP) is 0.811. The molecule has 0 radical (unpaired) electrons. The molecule has 3 N–H and O–H groups in total. The zero-order valence-corrected chi connectivity index (χ0v) is 9.57. The van der Waals surface area contributed by atoms with E-state index in [1.807, 2.05) is 0 Å². The normalized spacial score (nSPS) is 11.0. The summed E-state index contributed by atoms with van der Waals surface area (Å²) in [5.74, 6) is 1.08. The molecule has 15 heavy (non-hydrogen) atoms. The minimum absolute atomic E-state index is 0.490. The summed E-state index contributed by atoms with van der Waals surface area (Å²) in [6.45, 7) is 6.10. The molecule has 0 aliphatic heterocycles. The summed E-state index contributed by atoms with van der Waals surface area (Å²) in [7, 11) is 2.09. The summed E-state index contributed by atoms with van der Waals surface area (Å²) < 4.78 is 0. The lowest BCUT2D eigenvalue weighted by molar-refractivity contribution is 0.284. The van der Waals surface area contributed by atoms with Gasteiger partial charge in [0.25, 0.3) is 0 Å². The molecule has 0 spiro atoms. The average molecular weight is 209 g/mol. The minimum atomic E-state index is 0.490. The van der Waals surface area contributed by atoms with Crippen LogP contribution in [0.3, 0.4) is 0 Å². The molecule has 84 valence electrons. The van der Waals surface area contributed by atoms with Gasteiger partial charge in [-0.3, -0.25) is 0 Å². The van der Waals surface area contributed by atoms with Crippen molar-refractivity contribution in [1.29, 1.82) is 0 Å². The van der Waals surface area contributed by atoms with Gasteiger partial charge >= 0.3 is 0 Å². The van der Waals surface area contributed by atoms with E-state index in [1.165, 1.54) is 0 Å². The lowest BCUT2D eigenvalue weighted by Gasteiger charge is -2.20. The third kappa shape index (κ3) is 4.12.